The normalized spacial score (nSPS) is 10.1. The Morgan fingerprint density at radius 1 is 1.50 bits per heavy atom. The van der Waals surface area contributed by atoms with Crippen LogP contribution in [-0.4, -0.2) is 9.55 Å². The lowest BCUT2D eigenvalue weighted by atomic mass is 10.1. The first-order valence-electron chi connectivity index (χ1n) is 4.96. The Kier molecular flexibility index (Phi) is 3.13. The molecule has 6 heteroatoms. The molecular weight excluding hydrogens is 257 g/mol. The Bertz CT molecular complexity index is 718. The molecule has 0 aliphatic carbocycles. The van der Waals surface area contributed by atoms with Crippen LogP contribution < -0.4 is 5.69 Å². The molecule has 0 aliphatic rings. The van der Waals surface area contributed by atoms with Crippen LogP contribution in [-0.2, 0) is 7.05 Å². The van der Waals surface area contributed by atoms with Crippen molar-refractivity contribution in [2.45, 2.75) is 0 Å². The highest BCUT2D eigenvalue weighted by Crippen LogP contribution is 2.25. The van der Waals surface area contributed by atoms with Gasteiger partial charge in [-0.05, 0) is 18.2 Å². The number of hydrogen-bond donors (Lipinski definition) is 0. The zero-order valence-corrected chi connectivity index (χ0v) is 10.1. The van der Waals surface area contributed by atoms with Gasteiger partial charge in [-0.25, -0.2) is 9.18 Å². The molecule has 0 unspecified atom stereocenters. The summed E-state index contributed by atoms with van der Waals surface area (Å²) in [5.74, 6) is -0.586. The fourth-order valence-corrected chi connectivity index (χ4v) is 1.68. The predicted octanol–water partition coefficient (Wildman–Crippen LogP) is 2.11. The van der Waals surface area contributed by atoms with Gasteiger partial charge in [-0.15, -0.1) is 0 Å². The lowest BCUT2D eigenvalue weighted by molar-refractivity contribution is 0.630. The van der Waals surface area contributed by atoms with Crippen molar-refractivity contribution in [3.8, 4) is 17.3 Å². The second-order valence-electron chi connectivity index (χ2n) is 3.63. The van der Waals surface area contributed by atoms with E-state index in [0.29, 0.717) is 5.02 Å². The minimum Gasteiger partial charge on any atom is -0.301 e. The number of nitriles is 1. The molecule has 1 heterocycles. The van der Waals surface area contributed by atoms with Gasteiger partial charge in [0.25, 0.3) is 0 Å². The van der Waals surface area contributed by atoms with E-state index in [4.69, 9.17) is 16.9 Å². The monoisotopic (exact) mass is 263 g/mol. The summed E-state index contributed by atoms with van der Waals surface area (Å²) in [7, 11) is 1.47. The maximum atomic E-state index is 13.7. The highest BCUT2D eigenvalue weighted by Gasteiger charge is 2.14. The van der Waals surface area contributed by atoms with Crippen LogP contribution in [0.5, 0.6) is 0 Å². The highest BCUT2D eigenvalue weighted by molar-refractivity contribution is 6.30. The molecule has 0 radical (unpaired) electrons. The average molecular weight is 264 g/mol. The molecule has 0 saturated heterocycles. The summed E-state index contributed by atoms with van der Waals surface area (Å²) in [5.41, 5.74) is -0.418. The van der Waals surface area contributed by atoms with E-state index in [1.165, 1.54) is 25.4 Å². The number of halogens is 2. The van der Waals surface area contributed by atoms with Crippen molar-refractivity contribution in [2.24, 2.45) is 7.05 Å². The largest absolute Gasteiger partial charge is 0.347 e. The van der Waals surface area contributed by atoms with Crippen LogP contribution in [0.25, 0.3) is 11.3 Å². The molecule has 0 aliphatic heterocycles. The minimum atomic E-state index is -0.586. The van der Waals surface area contributed by atoms with Gasteiger partial charge >= 0.3 is 5.69 Å². The lowest BCUT2D eigenvalue weighted by Gasteiger charge is -2.06. The Morgan fingerprint density at radius 2 is 2.22 bits per heavy atom. The molecule has 1 aromatic carbocycles. The van der Waals surface area contributed by atoms with Gasteiger partial charge in [-0.2, -0.15) is 10.2 Å². The highest BCUT2D eigenvalue weighted by atomic mass is 35.5. The fraction of sp³-hybridized carbons (Fsp3) is 0.0833. The molecule has 0 spiro atoms. The average Bonchev–Trinajstić information content (AvgIpc) is 2.35. The number of aryl methyl sites for hydroxylation is 1. The van der Waals surface area contributed by atoms with Crippen molar-refractivity contribution in [1.29, 1.82) is 5.26 Å². The van der Waals surface area contributed by atoms with Crippen molar-refractivity contribution >= 4 is 11.6 Å². The van der Waals surface area contributed by atoms with Crippen LogP contribution in [0.1, 0.15) is 5.56 Å². The molecular formula is C12H7ClFN3O. The van der Waals surface area contributed by atoms with E-state index in [0.717, 1.165) is 10.6 Å². The SMILES string of the molecule is Cn1cc(C#N)c(-c2cc(Cl)ccc2F)nc1=O. The summed E-state index contributed by atoms with van der Waals surface area (Å²) >= 11 is 5.77. The van der Waals surface area contributed by atoms with Crippen LogP contribution in [0.4, 0.5) is 4.39 Å². The Morgan fingerprint density at radius 3 is 2.89 bits per heavy atom. The van der Waals surface area contributed by atoms with E-state index in [1.807, 2.05) is 6.07 Å². The number of rotatable bonds is 1. The molecule has 1 aromatic heterocycles. The predicted molar refractivity (Wildman–Crippen MR) is 64.6 cm³/mol. The van der Waals surface area contributed by atoms with Gasteiger partial charge in [-0.3, -0.25) is 0 Å². The second-order valence-corrected chi connectivity index (χ2v) is 4.07. The first-order chi connectivity index (χ1) is 8.52. The molecule has 0 saturated carbocycles. The Hall–Kier alpha value is -2.19. The molecule has 2 rings (SSSR count). The minimum absolute atomic E-state index is 0.000556. The molecule has 2 aromatic rings. The summed E-state index contributed by atoms with van der Waals surface area (Å²) in [5, 5.41) is 9.30. The van der Waals surface area contributed by atoms with Crippen LogP contribution >= 0.6 is 11.6 Å². The molecule has 90 valence electrons. The smallest absolute Gasteiger partial charge is 0.301 e. The molecule has 0 amide bonds. The van der Waals surface area contributed by atoms with Gasteiger partial charge in [0, 0.05) is 23.8 Å². The molecule has 18 heavy (non-hydrogen) atoms. The number of nitrogens with zero attached hydrogens (tertiary/aromatic N) is 3. The zero-order chi connectivity index (χ0) is 13.3. The van der Waals surface area contributed by atoms with Crippen molar-refractivity contribution in [3.63, 3.8) is 0 Å². The van der Waals surface area contributed by atoms with Crippen molar-refractivity contribution in [2.75, 3.05) is 0 Å². The lowest BCUT2D eigenvalue weighted by Crippen LogP contribution is -2.21. The maximum Gasteiger partial charge on any atom is 0.347 e. The van der Waals surface area contributed by atoms with E-state index in [9.17, 15) is 9.18 Å². The number of benzene rings is 1. The summed E-state index contributed by atoms with van der Waals surface area (Å²) in [6.07, 6.45) is 1.31. The number of aromatic nitrogens is 2. The van der Waals surface area contributed by atoms with Gasteiger partial charge in [0.15, 0.2) is 0 Å². The first-order valence-corrected chi connectivity index (χ1v) is 5.34. The van der Waals surface area contributed by atoms with E-state index < -0.39 is 11.5 Å². The standard InChI is InChI=1S/C12H7ClFN3O/c1-17-6-7(5-15)11(16-12(17)18)9-4-8(13)2-3-10(9)14/h2-4,6H,1H3. The Balaban J connectivity index is 2.79. The quantitative estimate of drug-likeness (QED) is 0.792. The second kappa shape index (κ2) is 4.59. The van der Waals surface area contributed by atoms with Crippen LogP contribution in [0.15, 0.2) is 29.2 Å². The van der Waals surface area contributed by atoms with E-state index in [2.05, 4.69) is 4.98 Å². The van der Waals surface area contributed by atoms with E-state index >= 15 is 0 Å². The van der Waals surface area contributed by atoms with Gasteiger partial charge in [-0.1, -0.05) is 11.6 Å². The Labute approximate surface area is 107 Å². The molecule has 0 fully saturated rings. The molecule has 4 nitrogen and oxygen atoms in total. The first kappa shape index (κ1) is 12.3. The van der Waals surface area contributed by atoms with Gasteiger partial charge in [0.2, 0.25) is 0 Å². The van der Waals surface area contributed by atoms with Crippen LogP contribution in [0.2, 0.25) is 5.02 Å². The van der Waals surface area contributed by atoms with Gasteiger partial charge in [0.1, 0.15) is 11.9 Å². The topological polar surface area (TPSA) is 58.7 Å². The van der Waals surface area contributed by atoms with Crippen LogP contribution in [0, 0.1) is 17.1 Å². The van der Waals surface area contributed by atoms with E-state index in [1.54, 1.807) is 0 Å². The van der Waals surface area contributed by atoms with Gasteiger partial charge < -0.3 is 4.57 Å². The molecule has 0 bridgehead atoms. The van der Waals surface area contributed by atoms with Gasteiger partial charge in [0.05, 0.1) is 11.3 Å². The zero-order valence-electron chi connectivity index (χ0n) is 9.32. The molecule has 0 N–H and O–H groups in total. The third kappa shape index (κ3) is 2.11. The van der Waals surface area contributed by atoms with Crippen molar-refractivity contribution in [1.82, 2.24) is 9.55 Å². The number of hydrogen-bond acceptors (Lipinski definition) is 3. The van der Waals surface area contributed by atoms with Crippen LogP contribution in [0.3, 0.4) is 0 Å². The van der Waals surface area contributed by atoms with E-state index in [-0.39, 0.29) is 16.8 Å². The van der Waals surface area contributed by atoms with Crippen molar-refractivity contribution in [3.05, 3.63) is 51.3 Å². The summed E-state index contributed by atoms with van der Waals surface area (Å²) in [6, 6.07) is 5.76. The maximum absolute atomic E-state index is 13.7. The molecule has 0 atom stereocenters. The summed E-state index contributed by atoms with van der Waals surface area (Å²) in [6.45, 7) is 0. The third-order valence-electron chi connectivity index (χ3n) is 2.39. The fourth-order valence-electron chi connectivity index (χ4n) is 1.51. The summed E-state index contributed by atoms with van der Waals surface area (Å²) < 4.78 is 14.8. The third-order valence-corrected chi connectivity index (χ3v) is 2.63. The van der Waals surface area contributed by atoms with Crippen molar-refractivity contribution < 1.29 is 4.39 Å². The summed E-state index contributed by atoms with van der Waals surface area (Å²) in [4.78, 5) is 15.2.